The van der Waals surface area contributed by atoms with Crippen molar-refractivity contribution in [3.8, 4) is 0 Å². The summed E-state index contributed by atoms with van der Waals surface area (Å²) in [6, 6.07) is 5.42. The molecule has 1 fully saturated rings. The third-order valence-electron chi connectivity index (χ3n) is 3.48. The van der Waals surface area contributed by atoms with Crippen molar-refractivity contribution in [1.82, 2.24) is 4.90 Å². The number of amides is 2. The number of benzene rings is 1. The first-order chi connectivity index (χ1) is 9.40. The summed E-state index contributed by atoms with van der Waals surface area (Å²) in [5.41, 5.74) is 1.78. The van der Waals surface area contributed by atoms with Gasteiger partial charge in [0.05, 0.1) is 5.92 Å². The van der Waals surface area contributed by atoms with Gasteiger partial charge in [-0.15, -0.1) is 0 Å². The summed E-state index contributed by atoms with van der Waals surface area (Å²) in [5.74, 6) is -2.54. The molecule has 1 atom stereocenters. The van der Waals surface area contributed by atoms with Crippen LogP contribution in [0.15, 0.2) is 18.2 Å². The molecule has 0 aliphatic carbocycles. The van der Waals surface area contributed by atoms with Crippen molar-refractivity contribution in [3.63, 3.8) is 0 Å². The van der Waals surface area contributed by atoms with Crippen LogP contribution in [0.25, 0.3) is 0 Å². The van der Waals surface area contributed by atoms with Crippen LogP contribution < -0.4 is 0 Å². The topological polar surface area (TPSA) is 74.7 Å². The minimum Gasteiger partial charge on any atom is -0.480 e. The fourth-order valence-corrected chi connectivity index (χ4v) is 2.55. The molecule has 1 aromatic rings. The number of imide groups is 1. The van der Waals surface area contributed by atoms with Gasteiger partial charge in [0, 0.05) is 11.4 Å². The summed E-state index contributed by atoms with van der Waals surface area (Å²) in [6.07, 6.45) is 0.450. The molecule has 1 N–H and O–H groups in total. The molecule has 0 bridgehead atoms. The Morgan fingerprint density at radius 1 is 1.45 bits per heavy atom. The molecular weight excluding hydrogens is 282 g/mol. The molecule has 1 aliphatic heterocycles. The van der Waals surface area contributed by atoms with Crippen molar-refractivity contribution in [2.75, 3.05) is 6.54 Å². The van der Waals surface area contributed by atoms with E-state index < -0.39 is 30.2 Å². The summed E-state index contributed by atoms with van der Waals surface area (Å²) >= 11 is 6.02. The van der Waals surface area contributed by atoms with E-state index >= 15 is 0 Å². The smallest absolute Gasteiger partial charge is 0.323 e. The van der Waals surface area contributed by atoms with Gasteiger partial charge in [-0.3, -0.25) is 19.3 Å². The first-order valence-electron chi connectivity index (χ1n) is 6.20. The number of likely N-dealkylation sites (tertiary alicyclic amines) is 1. The number of carbonyl (C=O) groups excluding carboxylic acids is 2. The van der Waals surface area contributed by atoms with Gasteiger partial charge in [0.1, 0.15) is 6.54 Å². The van der Waals surface area contributed by atoms with Crippen molar-refractivity contribution in [3.05, 3.63) is 34.3 Å². The number of hydrogen-bond acceptors (Lipinski definition) is 3. The highest BCUT2D eigenvalue weighted by molar-refractivity contribution is 6.31. The van der Waals surface area contributed by atoms with Crippen molar-refractivity contribution in [2.24, 2.45) is 5.92 Å². The average molecular weight is 296 g/mol. The second kappa shape index (κ2) is 5.63. The number of aliphatic carboxylic acids is 1. The third kappa shape index (κ3) is 2.82. The maximum atomic E-state index is 12.1. The Morgan fingerprint density at radius 3 is 2.80 bits per heavy atom. The predicted molar refractivity (Wildman–Crippen MR) is 72.4 cm³/mol. The van der Waals surface area contributed by atoms with E-state index in [2.05, 4.69) is 0 Å². The molecule has 2 amide bonds. The van der Waals surface area contributed by atoms with E-state index in [1.165, 1.54) is 0 Å². The number of halogens is 1. The second-order valence-electron chi connectivity index (χ2n) is 4.84. The van der Waals surface area contributed by atoms with E-state index in [0.29, 0.717) is 11.4 Å². The van der Waals surface area contributed by atoms with E-state index in [-0.39, 0.29) is 6.42 Å². The lowest BCUT2D eigenvalue weighted by Gasteiger charge is -2.13. The lowest BCUT2D eigenvalue weighted by Crippen LogP contribution is -2.35. The maximum absolute atomic E-state index is 12.1. The van der Waals surface area contributed by atoms with Gasteiger partial charge in [-0.25, -0.2) is 0 Å². The highest BCUT2D eigenvalue weighted by Crippen LogP contribution is 2.27. The van der Waals surface area contributed by atoms with Crippen LogP contribution in [0, 0.1) is 12.8 Å². The Labute approximate surface area is 121 Å². The van der Waals surface area contributed by atoms with E-state index in [0.717, 1.165) is 16.0 Å². The van der Waals surface area contributed by atoms with Crippen LogP contribution in [-0.4, -0.2) is 34.3 Å². The fourth-order valence-electron chi connectivity index (χ4n) is 2.35. The zero-order valence-electron chi connectivity index (χ0n) is 10.9. The molecular formula is C14H14ClNO4. The van der Waals surface area contributed by atoms with Crippen molar-refractivity contribution < 1.29 is 19.5 Å². The van der Waals surface area contributed by atoms with E-state index in [1.54, 1.807) is 12.1 Å². The van der Waals surface area contributed by atoms with Gasteiger partial charge in [0.25, 0.3) is 0 Å². The van der Waals surface area contributed by atoms with Crippen LogP contribution >= 0.6 is 11.6 Å². The molecule has 1 aromatic carbocycles. The Balaban J connectivity index is 2.15. The Kier molecular flexibility index (Phi) is 4.09. The molecule has 6 heteroatoms. The summed E-state index contributed by atoms with van der Waals surface area (Å²) in [6.45, 7) is 1.29. The Bertz CT molecular complexity index is 585. The Morgan fingerprint density at radius 2 is 2.15 bits per heavy atom. The van der Waals surface area contributed by atoms with Gasteiger partial charge in [0.15, 0.2) is 0 Å². The minimum atomic E-state index is -1.19. The van der Waals surface area contributed by atoms with Crippen LogP contribution in [0.5, 0.6) is 0 Å². The average Bonchev–Trinajstić information content (AvgIpc) is 2.62. The standard InChI is InChI=1S/C14H14ClNO4/c1-8-9(3-2-4-11(8)15)5-10-6-12(17)16(14(10)20)7-13(18)19/h2-4,10H,5-7H2,1H3,(H,18,19). The first kappa shape index (κ1) is 14.5. The molecule has 106 valence electrons. The van der Waals surface area contributed by atoms with Crippen molar-refractivity contribution in [1.29, 1.82) is 0 Å². The molecule has 1 heterocycles. The van der Waals surface area contributed by atoms with Crippen LogP contribution in [0.3, 0.4) is 0 Å². The van der Waals surface area contributed by atoms with E-state index in [1.807, 2.05) is 13.0 Å². The van der Waals surface area contributed by atoms with E-state index in [4.69, 9.17) is 16.7 Å². The number of carbonyl (C=O) groups is 3. The molecule has 2 rings (SSSR count). The lowest BCUT2D eigenvalue weighted by atomic mass is 9.95. The zero-order chi connectivity index (χ0) is 14.9. The molecule has 0 radical (unpaired) electrons. The number of nitrogens with zero attached hydrogens (tertiary/aromatic N) is 1. The Hall–Kier alpha value is -1.88. The third-order valence-corrected chi connectivity index (χ3v) is 3.89. The van der Waals surface area contributed by atoms with E-state index in [9.17, 15) is 14.4 Å². The predicted octanol–water partition coefficient (Wildman–Crippen LogP) is 1.65. The largest absolute Gasteiger partial charge is 0.480 e. The molecule has 1 unspecified atom stereocenters. The fraction of sp³-hybridized carbons (Fsp3) is 0.357. The molecule has 20 heavy (non-hydrogen) atoms. The first-order valence-corrected chi connectivity index (χ1v) is 6.58. The molecule has 1 saturated heterocycles. The highest BCUT2D eigenvalue weighted by Gasteiger charge is 2.39. The van der Waals surface area contributed by atoms with Gasteiger partial charge in [-0.2, -0.15) is 0 Å². The van der Waals surface area contributed by atoms with Crippen molar-refractivity contribution in [2.45, 2.75) is 19.8 Å². The van der Waals surface area contributed by atoms with Gasteiger partial charge < -0.3 is 5.11 Å². The van der Waals surface area contributed by atoms with Crippen LogP contribution in [0.1, 0.15) is 17.5 Å². The number of hydrogen-bond donors (Lipinski definition) is 1. The summed E-state index contributed by atoms with van der Waals surface area (Å²) < 4.78 is 0. The summed E-state index contributed by atoms with van der Waals surface area (Å²) in [7, 11) is 0. The summed E-state index contributed by atoms with van der Waals surface area (Å²) in [5, 5.41) is 9.32. The van der Waals surface area contributed by atoms with Gasteiger partial charge in [-0.1, -0.05) is 23.7 Å². The number of carboxylic acid groups (broad SMARTS) is 1. The minimum absolute atomic E-state index is 0.0536. The zero-order valence-corrected chi connectivity index (χ0v) is 11.7. The van der Waals surface area contributed by atoms with Crippen LogP contribution in [0.4, 0.5) is 0 Å². The van der Waals surface area contributed by atoms with Gasteiger partial charge in [0.2, 0.25) is 11.8 Å². The monoisotopic (exact) mass is 295 g/mol. The number of rotatable bonds is 4. The molecule has 0 aromatic heterocycles. The molecule has 5 nitrogen and oxygen atoms in total. The lowest BCUT2D eigenvalue weighted by molar-refractivity contribution is -0.149. The second-order valence-corrected chi connectivity index (χ2v) is 5.25. The SMILES string of the molecule is Cc1c(Cl)cccc1CC1CC(=O)N(CC(=O)O)C1=O. The maximum Gasteiger partial charge on any atom is 0.323 e. The van der Waals surface area contributed by atoms with Gasteiger partial charge in [-0.05, 0) is 30.5 Å². The number of carboxylic acids is 1. The molecule has 1 aliphatic rings. The molecule has 0 saturated carbocycles. The summed E-state index contributed by atoms with van der Waals surface area (Å²) in [4.78, 5) is 35.2. The quantitative estimate of drug-likeness (QED) is 0.857. The van der Waals surface area contributed by atoms with Crippen LogP contribution in [0.2, 0.25) is 5.02 Å². The van der Waals surface area contributed by atoms with Crippen LogP contribution in [-0.2, 0) is 20.8 Å². The normalized spacial score (nSPS) is 18.7. The molecule has 0 spiro atoms. The van der Waals surface area contributed by atoms with Crippen molar-refractivity contribution >= 4 is 29.4 Å². The van der Waals surface area contributed by atoms with Gasteiger partial charge >= 0.3 is 5.97 Å². The highest BCUT2D eigenvalue weighted by atomic mass is 35.5.